The number of carbonyl (C=O) groups excluding carboxylic acids is 1. The molecule has 1 amide bonds. The number of likely N-dealkylation sites (N-methyl/N-ethyl adjacent to an activating group) is 1. The van der Waals surface area contributed by atoms with E-state index in [1.165, 1.54) is 0 Å². The highest BCUT2D eigenvalue weighted by Crippen LogP contribution is 2.36. The number of nitrogens with one attached hydrogen (secondary N) is 1. The van der Waals surface area contributed by atoms with Gasteiger partial charge in [0.1, 0.15) is 13.2 Å². The quantitative estimate of drug-likeness (QED) is 0.125. The fourth-order valence-corrected chi connectivity index (χ4v) is 6.23. The van der Waals surface area contributed by atoms with Crippen molar-refractivity contribution in [1.82, 2.24) is 5.32 Å². The number of hydrogen-bond donors (Lipinski definition) is 1. The summed E-state index contributed by atoms with van der Waals surface area (Å²) in [6.07, 6.45) is 0.348. The van der Waals surface area contributed by atoms with Gasteiger partial charge in [0.05, 0.1) is 19.6 Å². The van der Waals surface area contributed by atoms with Crippen molar-refractivity contribution in [2.45, 2.75) is 44.3 Å². The molecule has 0 spiro atoms. The highest BCUT2D eigenvalue weighted by molar-refractivity contribution is 8.13. The average molecular weight is 632 g/mol. The Kier molecular flexibility index (Phi) is 16.5. The van der Waals surface area contributed by atoms with E-state index < -0.39 is 39.9 Å². The van der Waals surface area contributed by atoms with Gasteiger partial charge in [-0.25, -0.2) is 21.6 Å². The molecule has 0 aliphatic carbocycles. The third-order valence-corrected chi connectivity index (χ3v) is 11.0. The van der Waals surface area contributed by atoms with Crippen LogP contribution in [0.3, 0.4) is 0 Å². The summed E-state index contributed by atoms with van der Waals surface area (Å²) in [5.74, 6) is 0. The Balaban J connectivity index is 0. The Hall–Kier alpha value is -1.23. The van der Waals surface area contributed by atoms with E-state index in [1.807, 2.05) is 0 Å². The molecule has 0 fully saturated rings. The fraction of sp³-hybridized carbons (Fsp3) is 0.941. The predicted octanol–water partition coefficient (Wildman–Crippen LogP) is 2.92. The van der Waals surface area contributed by atoms with Crippen molar-refractivity contribution in [3.63, 3.8) is 0 Å². The molecule has 0 radical (unpaired) electrons. The van der Waals surface area contributed by atoms with Crippen molar-refractivity contribution in [2.75, 3.05) is 60.7 Å². The van der Waals surface area contributed by atoms with Gasteiger partial charge in [0.25, 0.3) is 0 Å². The Morgan fingerprint density at radius 2 is 1.24 bits per heavy atom. The normalized spacial score (nSPS) is 13.5. The van der Waals surface area contributed by atoms with Gasteiger partial charge in [-0.05, 0) is 27.2 Å². The summed E-state index contributed by atoms with van der Waals surface area (Å²) in [7, 11) is -11.2. The summed E-state index contributed by atoms with van der Waals surface area (Å²) >= 11 is 0. The molecule has 0 saturated heterocycles. The Bertz CT molecular complexity index is 853. The summed E-state index contributed by atoms with van der Waals surface area (Å²) < 4.78 is 131. The minimum atomic E-state index is -6.72. The van der Waals surface area contributed by atoms with Crippen LogP contribution in [0.25, 0.3) is 4.13 Å². The average Bonchev–Trinajstić information content (AvgIpc) is 2.81. The number of amides is 1. The number of sulfonamides is 2. The zero-order valence-electron chi connectivity index (χ0n) is 21.8. The molecule has 0 unspecified atom stereocenters. The van der Waals surface area contributed by atoms with Crippen molar-refractivity contribution >= 4 is 34.9 Å². The second kappa shape index (κ2) is 16.1. The summed E-state index contributed by atoms with van der Waals surface area (Å²) in [5.41, 5.74) is -12.4. The molecule has 1 N–H and O–H groups in total. The van der Waals surface area contributed by atoms with Crippen LogP contribution in [0, 0.1) is 0 Å². The molecule has 0 atom stereocenters. The molecule has 230 valence electrons. The van der Waals surface area contributed by atoms with Crippen LogP contribution in [-0.4, -0.2) is 108 Å². The maximum Gasteiger partial charge on any atom is 0.500 e. The van der Waals surface area contributed by atoms with Gasteiger partial charge in [-0.3, -0.25) is 0 Å². The van der Waals surface area contributed by atoms with Gasteiger partial charge in [0.15, 0.2) is 20.0 Å². The lowest BCUT2D eigenvalue weighted by molar-refractivity contribution is -0.923. The lowest BCUT2D eigenvalue weighted by Crippen LogP contribution is -2.50. The van der Waals surface area contributed by atoms with Crippen molar-refractivity contribution in [2.24, 2.45) is 0 Å². The van der Waals surface area contributed by atoms with E-state index in [1.54, 1.807) is 21.3 Å². The summed E-state index contributed by atoms with van der Waals surface area (Å²) in [4.78, 5) is 11.7. The van der Waals surface area contributed by atoms with Gasteiger partial charge in [-0.2, -0.15) is 26.3 Å². The van der Waals surface area contributed by atoms with E-state index in [0.29, 0.717) is 19.2 Å². The SMILES string of the molecule is CC[N+](CC)(CC)CCOC(=O)NCCC[Si](OC)(OC)OC.O=S(=O)([N-]S(=O)(=O)C(F)(F)F)C(F)(F)F. The first-order valence-corrected chi connectivity index (χ1v) is 15.8. The zero-order chi connectivity index (χ0) is 30.5. The predicted molar refractivity (Wildman–Crippen MR) is 126 cm³/mol. The van der Waals surface area contributed by atoms with E-state index in [-0.39, 0.29) is 6.09 Å². The topological polar surface area (TPSA) is 148 Å². The molecule has 0 heterocycles. The molecule has 21 heteroatoms. The molecule has 0 bridgehead atoms. The number of ether oxygens (including phenoxy) is 1. The van der Waals surface area contributed by atoms with E-state index in [9.17, 15) is 48.0 Å². The van der Waals surface area contributed by atoms with Gasteiger partial charge in [-0.1, -0.05) is 0 Å². The van der Waals surface area contributed by atoms with E-state index >= 15 is 0 Å². The zero-order valence-corrected chi connectivity index (χ0v) is 24.4. The Labute approximate surface area is 220 Å². The highest BCUT2D eigenvalue weighted by Gasteiger charge is 2.47. The lowest BCUT2D eigenvalue weighted by atomic mass is 10.3. The number of alkyl halides is 6. The van der Waals surface area contributed by atoms with Crippen molar-refractivity contribution in [3.8, 4) is 0 Å². The first-order valence-electron chi connectivity index (χ1n) is 11.0. The number of quaternary nitrogens is 1. The molecular weight excluding hydrogens is 596 g/mol. The molecule has 0 aromatic carbocycles. The standard InChI is InChI=1S/C15H34N2O5Si.C2F6NO4S2/c1-7-17(8-2,9-3)12-13-22-15(18)16-11-10-14-23(19-4,20-5)21-6;3-1(4,5)14(10,11)9-15(12,13)2(6,7)8/h7-14H2,1-6H3;/q;-1/p+1. The van der Waals surface area contributed by atoms with Gasteiger partial charge < -0.3 is 31.9 Å². The van der Waals surface area contributed by atoms with Crippen molar-refractivity contribution in [3.05, 3.63) is 4.13 Å². The Morgan fingerprint density at radius 3 is 1.55 bits per heavy atom. The number of carbonyl (C=O) groups is 1. The van der Waals surface area contributed by atoms with Crippen molar-refractivity contribution in [1.29, 1.82) is 0 Å². The van der Waals surface area contributed by atoms with Gasteiger partial charge >= 0.3 is 25.9 Å². The fourth-order valence-electron chi connectivity index (χ4n) is 2.79. The second-order valence-corrected chi connectivity index (χ2v) is 13.9. The minimum Gasteiger partial charge on any atom is -0.444 e. The number of nitrogens with zero attached hydrogens (tertiary/aromatic N) is 2. The lowest BCUT2D eigenvalue weighted by Gasteiger charge is -2.35. The minimum absolute atomic E-state index is 0.370. The maximum atomic E-state index is 11.7. The van der Waals surface area contributed by atoms with Gasteiger partial charge in [0, 0.05) is 33.9 Å². The van der Waals surface area contributed by atoms with Crippen LogP contribution in [-0.2, 0) is 38.1 Å². The monoisotopic (exact) mass is 631 g/mol. The van der Waals surface area contributed by atoms with Gasteiger partial charge in [0.2, 0.25) is 0 Å². The van der Waals surface area contributed by atoms with Crippen LogP contribution < -0.4 is 5.32 Å². The smallest absolute Gasteiger partial charge is 0.444 e. The summed E-state index contributed by atoms with van der Waals surface area (Å²) in [5, 5.41) is 2.76. The number of alkyl carbamates (subject to hydrolysis) is 1. The van der Waals surface area contributed by atoms with Gasteiger partial charge in [-0.15, -0.1) is 0 Å². The van der Waals surface area contributed by atoms with Crippen LogP contribution in [0.5, 0.6) is 0 Å². The number of halogens is 6. The molecular formula is C17H35F6N3O9S2Si. The molecule has 0 aromatic heterocycles. The largest absolute Gasteiger partial charge is 0.500 e. The summed E-state index contributed by atoms with van der Waals surface area (Å²) in [6.45, 7) is 11.5. The Morgan fingerprint density at radius 1 is 0.842 bits per heavy atom. The van der Waals surface area contributed by atoms with Crippen LogP contribution in [0.15, 0.2) is 0 Å². The van der Waals surface area contributed by atoms with Crippen molar-refractivity contribution < 1.29 is 70.5 Å². The number of rotatable bonds is 15. The van der Waals surface area contributed by atoms with Crippen LogP contribution >= 0.6 is 0 Å². The van der Waals surface area contributed by atoms with Crippen LogP contribution in [0.4, 0.5) is 31.1 Å². The third kappa shape index (κ3) is 12.7. The van der Waals surface area contributed by atoms with Crippen LogP contribution in [0.1, 0.15) is 27.2 Å². The first-order chi connectivity index (χ1) is 17.2. The molecule has 0 aliphatic heterocycles. The highest BCUT2D eigenvalue weighted by atomic mass is 32.3. The molecule has 0 aromatic rings. The second-order valence-electron chi connectivity index (χ2n) is 7.39. The molecule has 38 heavy (non-hydrogen) atoms. The third-order valence-electron chi connectivity index (χ3n) is 5.45. The van der Waals surface area contributed by atoms with E-state index in [0.717, 1.165) is 41.2 Å². The summed E-state index contributed by atoms with van der Waals surface area (Å²) in [6, 6.07) is 0.651. The molecule has 12 nitrogen and oxygen atoms in total. The van der Waals surface area contributed by atoms with Crippen LogP contribution in [0.2, 0.25) is 6.04 Å². The molecule has 0 rings (SSSR count). The molecule has 0 saturated carbocycles. The number of hydrogen-bond acceptors (Lipinski definition) is 9. The maximum absolute atomic E-state index is 11.7. The molecule has 0 aliphatic rings. The van der Waals surface area contributed by atoms with E-state index in [4.69, 9.17) is 18.0 Å². The van der Waals surface area contributed by atoms with E-state index in [2.05, 4.69) is 26.1 Å². The first kappa shape index (κ1) is 38.9.